The maximum absolute atomic E-state index is 12.4. The quantitative estimate of drug-likeness (QED) is 0.742. The van der Waals surface area contributed by atoms with Crippen molar-refractivity contribution in [2.24, 2.45) is 0 Å². The number of aromatic nitrogens is 2. The van der Waals surface area contributed by atoms with Crippen molar-refractivity contribution in [1.29, 1.82) is 0 Å². The summed E-state index contributed by atoms with van der Waals surface area (Å²) >= 11 is 0. The van der Waals surface area contributed by atoms with Crippen molar-refractivity contribution in [2.75, 3.05) is 7.11 Å². The molecule has 0 saturated heterocycles. The minimum absolute atomic E-state index is 0.0492. The number of aryl methyl sites for hydroxylation is 3. The number of nitrogens with zero attached hydrogens (tertiary/aromatic N) is 2. The SMILES string of the molecule is CCc1nn(CC)c(-c2ccc(CCC(F)(F)F)cc2OC)c1C.O=C=O. The molecule has 0 amide bonds. The second-order valence-corrected chi connectivity index (χ2v) is 5.82. The van der Waals surface area contributed by atoms with Gasteiger partial charge in [0.05, 0.1) is 18.5 Å². The molecule has 148 valence electrons. The van der Waals surface area contributed by atoms with E-state index in [4.69, 9.17) is 14.3 Å². The number of benzene rings is 1. The molecule has 2 rings (SSSR count). The van der Waals surface area contributed by atoms with Gasteiger partial charge in [-0.25, -0.2) is 0 Å². The second kappa shape index (κ2) is 9.92. The van der Waals surface area contributed by atoms with Crippen molar-refractivity contribution < 1.29 is 27.5 Å². The molecule has 1 aromatic heterocycles. The van der Waals surface area contributed by atoms with Gasteiger partial charge in [-0.1, -0.05) is 13.0 Å². The molecular formula is C19H23F3N2O3. The van der Waals surface area contributed by atoms with Crippen molar-refractivity contribution in [3.63, 3.8) is 0 Å². The summed E-state index contributed by atoms with van der Waals surface area (Å²) in [7, 11) is 1.54. The molecule has 0 aliphatic rings. The Hall–Kier alpha value is -2.60. The Morgan fingerprint density at radius 3 is 2.33 bits per heavy atom. The smallest absolute Gasteiger partial charge is 0.389 e. The van der Waals surface area contributed by atoms with Crippen molar-refractivity contribution >= 4 is 6.15 Å². The van der Waals surface area contributed by atoms with Gasteiger partial charge in [0.2, 0.25) is 0 Å². The van der Waals surface area contributed by atoms with Crippen LogP contribution in [-0.2, 0) is 29.0 Å². The van der Waals surface area contributed by atoms with Gasteiger partial charge in [0.1, 0.15) is 5.75 Å². The van der Waals surface area contributed by atoms with Gasteiger partial charge in [-0.2, -0.15) is 27.9 Å². The number of hydrogen-bond acceptors (Lipinski definition) is 4. The van der Waals surface area contributed by atoms with Crippen LogP contribution in [0.15, 0.2) is 18.2 Å². The van der Waals surface area contributed by atoms with Crippen LogP contribution in [0.3, 0.4) is 0 Å². The van der Waals surface area contributed by atoms with E-state index in [-0.39, 0.29) is 12.6 Å². The van der Waals surface area contributed by atoms with Crippen LogP contribution in [0.1, 0.15) is 37.1 Å². The summed E-state index contributed by atoms with van der Waals surface area (Å²) in [6.07, 6.45) is -3.95. The number of ether oxygens (including phenoxy) is 1. The summed E-state index contributed by atoms with van der Waals surface area (Å²) in [5.41, 5.74) is 4.55. The molecule has 1 heterocycles. The van der Waals surface area contributed by atoms with E-state index in [0.717, 1.165) is 35.5 Å². The third-order valence-electron chi connectivity index (χ3n) is 4.14. The topological polar surface area (TPSA) is 61.2 Å². The fraction of sp³-hybridized carbons (Fsp3) is 0.474. The van der Waals surface area contributed by atoms with Crippen LogP contribution in [0.5, 0.6) is 5.75 Å². The normalized spacial score (nSPS) is 10.8. The summed E-state index contributed by atoms with van der Waals surface area (Å²) in [5.74, 6) is 0.579. The molecule has 0 atom stereocenters. The van der Waals surface area contributed by atoms with Crippen molar-refractivity contribution in [1.82, 2.24) is 9.78 Å². The molecule has 27 heavy (non-hydrogen) atoms. The van der Waals surface area contributed by atoms with Gasteiger partial charge in [-0.05, 0) is 49.9 Å². The van der Waals surface area contributed by atoms with Gasteiger partial charge in [0, 0.05) is 18.5 Å². The lowest BCUT2D eigenvalue weighted by Crippen LogP contribution is -2.08. The lowest BCUT2D eigenvalue weighted by atomic mass is 10.0. The maximum atomic E-state index is 12.4. The molecule has 0 N–H and O–H groups in total. The first-order valence-electron chi connectivity index (χ1n) is 8.51. The number of halogens is 3. The number of rotatable bonds is 6. The Kier molecular flexibility index (Phi) is 8.25. The highest BCUT2D eigenvalue weighted by Crippen LogP contribution is 2.35. The molecular weight excluding hydrogens is 361 g/mol. The summed E-state index contributed by atoms with van der Waals surface area (Å²) < 4.78 is 44.6. The zero-order valence-electron chi connectivity index (χ0n) is 15.8. The standard InChI is InChI=1S/C18H23F3N2O.CO2/c1-5-15-12(3)17(23(6-2)22-15)14-8-7-13(11-16(14)24-4)9-10-18(19,20)21;2-1-3/h7-8,11H,5-6,9-10H2,1-4H3;. The Morgan fingerprint density at radius 1 is 1.22 bits per heavy atom. The highest BCUT2D eigenvalue weighted by atomic mass is 19.4. The van der Waals surface area contributed by atoms with Crippen LogP contribution in [0.2, 0.25) is 0 Å². The Morgan fingerprint density at radius 2 is 1.85 bits per heavy atom. The molecule has 0 bridgehead atoms. The minimum Gasteiger partial charge on any atom is -0.496 e. The van der Waals surface area contributed by atoms with Crippen LogP contribution in [0.25, 0.3) is 11.3 Å². The fourth-order valence-corrected chi connectivity index (χ4v) is 2.88. The van der Waals surface area contributed by atoms with Gasteiger partial charge in [0.25, 0.3) is 0 Å². The van der Waals surface area contributed by atoms with E-state index in [1.165, 1.54) is 7.11 Å². The summed E-state index contributed by atoms with van der Waals surface area (Å²) in [5, 5.41) is 4.60. The highest BCUT2D eigenvalue weighted by Gasteiger charge is 2.26. The Bertz CT molecular complexity index is 792. The van der Waals surface area contributed by atoms with Crippen molar-refractivity contribution in [2.45, 2.75) is 52.8 Å². The van der Waals surface area contributed by atoms with Gasteiger partial charge in [-0.15, -0.1) is 0 Å². The maximum Gasteiger partial charge on any atom is 0.389 e. The Balaban J connectivity index is 0.00000114. The van der Waals surface area contributed by atoms with Crippen LogP contribution >= 0.6 is 0 Å². The van der Waals surface area contributed by atoms with Crippen molar-refractivity contribution in [3.05, 3.63) is 35.0 Å². The van der Waals surface area contributed by atoms with E-state index >= 15 is 0 Å². The number of hydrogen-bond donors (Lipinski definition) is 0. The number of methoxy groups -OCH3 is 1. The average Bonchev–Trinajstić information content (AvgIpc) is 2.95. The number of alkyl halides is 3. The molecule has 0 saturated carbocycles. The molecule has 2 aromatic rings. The summed E-state index contributed by atoms with van der Waals surface area (Å²) in [6, 6.07) is 5.26. The van der Waals surface area contributed by atoms with Gasteiger partial charge >= 0.3 is 12.3 Å². The monoisotopic (exact) mass is 384 g/mol. The lowest BCUT2D eigenvalue weighted by molar-refractivity contribution is -0.191. The molecule has 5 nitrogen and oxygen atoms in total. The zero-order valence-corrected chi connectivity index (χ0v) is 15.8. The van der Waals surface area contributed by atoms with Gasteiger partial charge in [0.15, 0.2) is 0 Å². The van der Waals surface area contributed by atoms with E-state index in [1.54, 1.807) is 12.1 Å². The first kappa shape index (κ1) is 22.4. The highest BCUT2D eigenvalue weighted by molar-refractivity contribution is 5.71. The largest absolute Gasteiger partial charge is 0.496 e. The predicted octanol–water partition coefficient (Wildman–Crippen LogP) is 4.36. The summed E-state index contributed by atoms with van der Waals surface area (Å²) in [4.78, 5) is 16.2. The average molecular weight is 384 g/mol. The number of carbonyl (C=O) groups excluding carboxylic acids is 2. The molecule has 0 fully saturated rings. The van der Waals surface area contributed by atoms with Gasteiger partial charge in [-0.3, -0.25) is 4.68 Å². The van der Waals surface area contributed by atoms with Crippen LogP contribution in [-0.4, -0.2) is 29.2 Å². The molecule has 0 spiro atoms. The van der Waals surface area contributed by atoms with E-state index in [1.807, 2.05) is 24.6 Å². The van der Waals surface area contributed by atoms with Crippen LogP contribution < -0.4 is 4.74 Å². The van der Waals surface area contributed by atoms with E-state index in [9.17, 15) is 13.2 Å². The Labute approximate surface area is 156 Å². The van der Waals surface area contributed by atoms with Gasteiger partial charge < -0.3 is 4.74 Å². The third-order valence-corrected chi connectivity index (χ3v) is 4.14. The van der Waals surface area contributed by atoms with E-state index < -0.39 is 12.6 Å². The molecule has 8 heteroatoms. The third kappa shape index (κ3) is 5.96. The van der Waals surface area contributed by atoms with Crippen molar-refractivity contribution in [3.8, 4) is 17.0 Å². The van der Waals surface area contributed by atoms with Crippen LogP contribution in [0, 0.1) is 6.92 Å². The first-order valence-corrected chi connectivity index (χ1v) is 8.51. The molecule has 0 aliphatic heterocycles. The minimum atomic E-state index is -4.15. The second-order valence-electron chi connectivity index (χ2n) is 5.82. The molecule has 0 unspecified atom stereocenters. The first-order chi connectivity index (χ1) is 12.7. The molecule has 1 aromatic carbocycles. The lowest BCUT2D eigenvalue weighted by Gasteiger charge is -2.13. The molecule has 0 radical (unpaired) electrons. The van der Waals surface area contributed by atoms with E-state index in [0.29, 0.717) is 11.3 Å². The van der Waals surface area contributed by atoms with Crippen LogP contribution in [0.4, 0.5) is 13.2 Å². The molecule has 0 aliphatic carbocycles. The fourth-order valence-electron chi connectivity index (χ4n) is 2.88. The zero-order chi connectivity index (χ0) is 20.6. The van der Waals surface area contributed by atoms with E-state index in [2.05, 4.69) is 12.0 Å². The summed E-state index contributed by atoms with van der Waals surface area (Å²) in [6.45, 7) is 6.80. The predicted molar refractivity (Wildman–Crippen MR) is 93.4 cm³/mol.